The van der Waals surface area contributed by atoms with Gasteiger partial charge in [0, 0.05) is 37.1 Å². The van der Waals surface area contributed by atoms with Crippen molar-refractivity contribution in [3.05, 3.63) is 33.8 Å². The summed E-state index contributed by atoms with van der Waals surface area (Å²) in [6.45, 7) is 9.20. The Morgan fingerprint density at radius 1 is 1.32 bits per heavy atom. The molecule has 0 aliphatic rings. The van der Waals surface area contributed by atoms with Crippen LogP contribution in [0.3, 0.4) is 0 Å². The first-order valence-corrected chi connectivity index (χ1v) is 7.61. The van der Waals surface area contributed by atoms with Gasteiger partial charge in [0.15, 0.2) is 0 Å². The Hall–Kier alpha value is -0.870. The molecule has 0 heterocycles. The molecule has 1 aromatic carbocycles. The molecule has 0 radical (unpaired) electrons. The second-order valence-electron chi connectivity index (χ2n) is 4.58. The molecule has 4 heteroatoms. The van der Waals surface area contributed by atoms with Gasteiger partial charge < -0.3 is 10.2 Å². The third-order valence-corrected chi connectivity index (χ3v) is 4.05. The van der Waals surface area contributed by atoms with Crippen LogP contribution in [0, 0.1) is 6.92 Å². The number of rotatable bonds is 7. The van der Waals surface area contributed by atoms with Gasteiger partial charge in [-0.15, -0.1) is 0 Å². The van der Waals surface area contributed by atoms with Crippen LogP contribution in [0.5, 0.6) is 0 Å². The summed E-state index contributed by atoms with van der Waals surface area (Å²) in [7, 11) is 0. The largest absolute Gasteiger partial charge is 0.343 e. The molecular formula is C15H23BrN2O. The van der Waals surface area contributed by atoms with E-state index >= 15 is 0 Å². The van der Waals surface area contributed by atoms with E-state index in [1.165, 1.54) is 11.1 Å². The number of hydrogen-bond donors (Lipinski definition) is 1. The van der Waals surface area contributed by atoms with Gasteiger partial charge in [-0.05, 0) is 38.0 Å². The molecule has 0 unspecified atom stereocenters. The Labute approximate surface area is 124 Å². The Morgan fingerprint density at radius 2 is 2.00 bits per heavy atom. The highest BCUT2D eigenvalue weighted by molar-refractivity contribution is 9.10. The lowest BCUT2D eigenvalue weighted by atomic mass is 10.1. The number of carbonyl (C=O) groups is 1. The quantitative estimate of drug-likeness (QED) is 0.781. The Kier molecular flexibility index (Phi) is 7.10. The van der Waals surface area contributed by atoms with Crippen molar-refractivity contribution >= 4 is 21.8 Å². The van der Waals surface area contributed by atoms with E-state index in [9.17, 15) is 4.79 Å². The van der Waals surface area contributed by atoms with E-state index in [2.05, 4.69) is 46.4 Å². The lowest BCUT2D eigenvalue weighted by Gasteiger charge is -2.18. The number of hydrogen-bond acceptors (Lipinski definition) is 2. The lowest BCUT2D eigenvalue weighted by Crippen LogP contribution is -2.32. The van der Waals surface area contributed by atoms with Gasteiger partial charge in [0.1, 0.15) is 0 Å². The summed E-state index contributed by atoms with van der Waals surface area (Å²) in [5, 5.41) is 3.31. The summed E-state index contributed by atoms with van der Waals surface area (Å²) in [6.07, 6.45) is 0.564. The monoisotopic (exact) mass is 326 g/mol. The first-order chi connectivity index (χ1) is 9.08. The highest BCUT2D eigenvalue weighted by atomic mass is 79.9. The maximum absolute atomic E-state index is 11.8. The van der Waals surface area contributed by atoms with Crippen molar-refractivity contribution in [2.45, 2.75) is 33.7 Å². The Bertz CT molecular complexity index is 417. The molecule has 0 fully saturated rings. The van der Waals surface area contributed by atoms with Crippen LogP contribution >= 0.6 is 15.9 Å². The molecule has 1 rings (SSSR count). The number of benzene rings is 1. The molecule has 1 N–H and O–H groups in total. The van der Waals surface area contributed by atoms with E-state index in [-0.39, 0.29) is 5.91 Å². The average Bonchev–Trinajstić information content (AvgIpc) is 2.40. The van der Waals surface area contributed by atoms with E-state index in [1.54, 1.807) is 0 Å². The number of carbonyl (C=O) groups excluding carboxylic acids is 1. The van der Waals surface area contributed by atoms with E-state index in [4.69, 9.17) is 0 Å². The van der Waals surface area contributed by atoms with Crippen LogP contribution in [0.4, 0.5) is 0 Å². The smallest absolute Gasteiger partial charge is 0.223 e. The molecule has 3 nitrogen and oxygen atoms in total. The highest BCUT2D eigenvalue weighted by Crippen LogP contribution is 2.17. The van der Waals surface area contributed by atoms with E-state index in [0.29, 0.717) is 6.42 Å². The zero-order valence-corrected chi connectivity index (χ0v) is 13.6. The zero-order valence-electron chi connectivity index (χ0n) is 12.0. The summed E-state index contributed by atoms with van der Waals surface area (Å²) in [6, 6.07) is 6.33. The molecule has 1 amide bonds. The summed E-state index contributed by atoms with van der Waals surface area (Å²) in [4.78, 5) is 13.7. The molecular weight excluding hydrogens is 304 g/mol. The predicted octanol–water partition coefficient (Wildman–Crippen LogP) is 3.11. The van der Waals surface area contributed by atoms with Gasteiger partial charge in [0.05, 0.1) is 0 Å². The van der Waals surface area contributed by atoms with Crippen molar-refractivity contribution in [3.63, 3.8) is 0 Å². The maximum atomic E-state index is 11.8. The molecule has 0 aliphatic heterocycles. The number of aryl methyl sites for hydroxylation is 1. The van der Waals surface area contributed by atoms with Crippen LogP contribution in [0.25, 0.3) is 0 Å². The minimum atomic E-state index is 0.225. The number of nitrogens with one attached hydrogen (secondary N) is 1. The summed E-state index contributed by atoms with van der Waals surface area (Å²) < 4.78 is 1.13. The van der Waals surface area contributed by atoms with Gasteiger partial charge in [0.25, 0.3) is 0 Å². The molecule has 1 aromatic rings. The van der Waals surface area contributed by atoms with Gasteiger partial charge in [-0.2, -0.15) is 0 Å². The average molecular weight is 327 g/mol. The fourth-order valence-electron chi connectivity index (χ4n) is 1.91. The molecule has 0 aromatic heterocycles. The summed E-state index contributed by atoms with van der Waals surface area (Å²) in [5.41, 5.74) is 2.47. The maximum Gasteiger partial charge on any atom is 0.223 e. The van der Waals surface area contributed by atoms with Crippen molar-refractivity contribution in [3.8, 4) is 0 Å². The number of nitrogens with zero attached hydrogens (tertiary/aromatic N) is 1. The molecule has 0 saturated heterocycles. The highest BCUT2D eigenvalue weighted by Gasteiger charge is 2.08. The molecule has 0 spiro atoms. The molecule has 0 bridgehead atoms. The predicted molar refractivity (Wildman–Crippen MR) is 83.1 cm³/mol. The van der Waals surface area contributed by atoms with E-state index in [0.717, 1.165) is 30.7 Å². The molecule has 19 heavy (non-hydrogen) atoms. The van der Waals surface area contributed by atoms with E-state index < -0.39 is 0 Å². The summed E-state index contributed by atoms with van der Waals surface area (Å²) >= 11 is 3.53. The third kappa shape index (κ3) is 5.33. The normalized spacial score (nSPS) is 10.5. The minimum absolute atomic E-state index is 0.225. The van der Waals surface area contributed by atoms with Crippen LogP contribution in [0.15, 0.2) is 22.7 Å². The lowest BCUT2D eigenvalue weighted by molar-refractivity contribution is -0.130. The topological polar surface area (TPSA) is 32.3 Å². The van der Waals surface area contributed by atoms with E-state index in [1.807, 2.05) is 18.7 Å². The molecule has 0 saturated carbocycles. The van der Waals surface area contributed by atoms with Crippen LogP contribution in [0.1, 0.15) is 31.4 Å². The number of amides is 1. The van der Waals surface area contributed by atoms with Gasteiger partial charge in [-0.25, -0.2) is 0 Å². The van der Waals surface area contributed by atoms with Gasteiger partial charge >= 0.3 is 0 Å². The number of halogens is 1. The second-order valence-corrected chi connectivity index (χ2v) is 5.43. The molecule has 0 atom stereocenters. The molecule has 106 valence electrons. The van der Waals surface area contributed by atoms with Crippen LogP contribution in [0.2, 0.25) is 0 Å². The Morgan fingerprint density at radius 3 is 2.58 bits per heavy atom. The van der Waals surface area contributed by atoms with Gasteiger partial charge in [0.2, 0.25) is 5.91 Å². The third-order valence-electron chi connectivity index (χ3n) is 3.20. The Balaban J connectivity index is 2.31. The molecule has 0 aliphatic carbocycles. The van der Waals surface area contributed by atoms with Crippen molar-refractivity contribution in [1.29, 1.82) is 0 Å². The first kappa shape index (κ1) is 16.2. The first-order valence-electron chi connectivity index (χ1n) is 6.82. The standard InChI is InChI=1S/C15H23BrN2O/c1-4-18(5-2)15(19)8-9-17-11-13-7-6-12(3)14(16)10-13/h6-7,10,17H,4-5,8-9,11H2,1-3H3. The second kappa shape index (κ2) is 8.33. The van der Waals surface area contributed by atoms with Crippen molar-refractivity contribution in [2.24, 2.45) is 0 Å². The van der Waals surface area contributed by atoms with Crippen molar-refractivity contribution < 1.29 is 4.79 Å². The van der Waals surface area contributed by atoms with Crippen LogP contribution < -0.4 is 5.32 Å². The zero-order chi connectivity index (χ0) is 14.3. The van der Waals surface area contributed by atoms with Crippen LogP contribution in [-0.4, -0.2) is 30.4 Å². The van der Waals surface area contributed by atoms with Crippen molar-refractivity contribution in [1.82, 2.24) is 10.2 Å². The summed E-state index contributed by atoms with van der Waals surface area (Å²) in [5.74, 6) is 0.225. The fourth-order valence-corrected chi connectivity index (χ4v) is 2.33. The van der Waals surface area contributed by atoms with Gasteiger partial charge in [-0.1, -0.05) is 28.1 Å². The SMILES string of the molecule is CCN(CC)C(=O)CCNCc1ccc(C)c(Br)c1. The van der Waals surface area contributed by atoms with Crippen LogP contribution in [-0.2, 0) is 11.3 Å². The van der Waals surface area contributed by atoms with Crippen molar-refractivity contribution in [2.75, 3.05) is 19.6 Å². The minimum Gasteiger partial charge on any atom is -0.343 e. The fraction of sp³-hybridized carbons (Fsp3) is 0.533. The van der Waals surface area contributed by atoms with Gasteiger partial charge in [-0.3, -0.25) is 4.79 Å².